The molecule has 1 aliphatic rings. The van der Waals surface area contributed by atoms with E-state index in [-0.39, 0.29) is 12.2 Å². The number of ketones is 1. The van der Waals surface area contributed by atoms with Gasteiger partial charge in [0.15, 0.2) is 5.78 Å². The molecule has 7 nitrogen and oxygen atoms in total. The molecule has 5 heterocycles. The molecular weight excluding hydrogens is 388 g/mol. The van der Waals surface area contributed by atoms with Crippen LogP contribution in [0.2, 0.25) is 0 Å². The van der Waals surface area contributed by atoms with E-state index in [1.54, 1.807) is 31.0 Å². The molecule has 0 bridgehead atoms. The molecular formula is C24H24N6O. The molecule has 0 unspecified atom stereocenters. The van der Waals surface area contributed by atoms with E-state index in [9.17, 15) is 4.79 Å². The third-order valence-electron chi connectivity index (χ3n) is 5.83. The minimum absolute atomic E-state index is 0.0495. The van der Waals surface area contributed by atoms with Crippen molar-refractivity contribution in [3.05, 3.63) is 66.6 Å². The van der Waals surface area contributed by atoms with Crippen molar-refractivity contribution in [2.24, 2.45) is 7.05 Å². The Kier molecular flexibility index (Phi) is 5.16. The van der Waals surface area contributed by atoms with Crippen LogP contribution in [0.4, 0.5) is 5.82 Å². The highest BCUT2D eigenvalue weighted by molar-refractivity contribution is 5.98. The van der Waals surface area contributed by atoms with E-state index in [4.69, 9.17) is 0 Å². The van der Waals surface area contributed by atoms with Gasteiger partial charge in [0.2, 0.25) is 0 Å². The normalized spacial score (nSPS) is 14.2. The maximum Gasteiger partial charge on any atom is 0.169 e. The Morgan fingerprint density at radius 2 is 1.81 bits per heavy atom. The average molecular weight is 412 g/mol. The van der Waals surface area contributed by atoms with E-state index in [1.807, 2.05) is 36.0 Å². The number of carbonyl (C=O) groups excluding carboxylic acids is 1. The van der Waals surface area contributed by atoms with Crippen molar-refractivity contribution in [3.8, 4) is 11.4 Å². The standard InChI is InChI=1S/C24H24N6O/c1-29-16-25-15-22(29)21-10-18-9-20(27-13-19(18)14-28-21)12-23(31)17-5-6-26-24(11-17)30-7-3-2-4-8-30/h5-6,9-11,13-16H,2-4,7-8,12H2,1H3. The fourth-order valence-corrected chi connectivity index (χ4v) is 4.08. The molecule has 0 saturated carbocycles. The van der Waals surface area contributed by atoms with Crippen LogP contribution >= 0.6 is 0 Å². The Morgan fingerprint density at radius 3 is 2.61 bits per heavy atom. The van der Waals surface area contributed by atoms with Crippen LogP contribution in [0.1, 0.15) is 35.3 Å². The van der Waals surface area contributed by atoms with Gasteiger partial charge in [0.1, 0.15) is 5.82 Å². The van der Waals surface area contributed by atoms with E-state index in [1.165, 1.54) is 19.3 Å². The van der Waals surface area contributed by atoms with Gasteiger partial charge in [0, 0.05) is 55.4 Å². The van der Waals surface area contributed by atoms with Gasteiger partial charge in [-0.25, -0.2) is 9.97 Å². The summed E-state index contributed by atoms with van der Waals surface area (Å²) in [5.74, 6) is 0.942. The molecule has 1 saturated heterocycles. The summed E-state index contributed by atoms with van der Waals surface area (Å²) >= 11 is 0. The lowest BCUT2D eigenvalue weighted by atomic mass is 10.0. The Morgan fingerprint density at radius 1 is 0.968 bits per heavy atom. The quantitative estimate of drug-likeness (QED) is 0.464. The minimum Gasteiger partial charge on any atom is -0.357 e. The molecule has 7 heteroatoms. The predicted molar refractivity (Wildman–Crippen MR) is 120 cm³/mol. The monoisotopic (exact) mass is 412 g/mol. The number of pyridine rings is 3. The van der Waals surface area contributed by atoms with Gasteiger partial charge >= 0.3 is 0 Å². The Bertz CT molecular complexity index is 1240. The van der Waals surface area contributed by atoms with Gasteiger partial charge in [0.05, 0.1) is 30.3 Å². The van der Waals surface area contributed by atoms with Crippen molar-refractivity contribution >= 4 is 22.4 Å². The van der Waals surface area contributed by atoms with E-state index >= 15 is 0 Å². The lowest BCUT2D eigenvalue weighted by Crippen LogP contribution is -2.30. The summed E-state index contributed by atoms with van der Waals surface area (Å²) in [5.41, 5.74) is 3.22. The fourth-order valence-electron chi connectivity index (χ4n) is 4.08. The number of nitrogens with zero attached hydrogens (tertiary/aromatic N) is 6. The molecule has 0 spiro atoms. The van der Waals surface area contributed by atoms with Crippen molar-refractivity contribution in [1.29, 1.82) is 0 Å². The molecule has 0 aliphatic carbocycles. The summed E-state index contributed by atoms with van der Waals surface area (Å²) in [6, 6.07) is 7.70. The third kappa shape index (κ3) is 4.03. The van der Waals surface area contributed by atoms with Gasteiger partial charge in [-0.3, -0.25) is 14.8 Å². The van der Waals surface area contributed by atoms with Gasteiger partial charge in [0.25, 0.3) is 0 Å². The number of rotatable bonds is 5. The molecule has 1 fully saturated rings. The second-order valence-corrected chi connectivity index (χ2v) is 8.03. The van der Waals surface area contributed by atoms with Crippen molar-refractivity contribution in [1.82, 2.24) is 24.5 Å². The zero-order chi connectivity index (χ0) is 21.2. The predicted octanol–water partition coefficient (Wildman–Crippen LogP) is 3.84. The van der Waals surface area contributed by atoms with Crippen molar-refractivity contribution in [3.63, 3.8) is 0 Å². The average Bonchev–Trinajstić information content (AvgIpc) is 3.25. The second kappa shape index (κ2) is 8.26. The molecule has 0 N–H and O–H groups in total. The molecule has 156 valence electrons. The van der Waals surface area contributed by atoms with Crippen LogP contribution in [0.25, 0.3) is 22.2 Å². The number of aryl methyl sites for hydroxylation is 1. The van der Waals surface area contributed by atoms with E-state index in [2.05, 4.69) is 24.8 Å². The zero-order valence-electron chi connectivity index (χ0n) is 17.5. The third-order valence-corrected chi connectivity index (χ3v) is 5.83. The molecule has 4 aromatic rings. The van der Waals surface area contributed by atoms with Crippen LogP contribution in [-0.4, -0.2) is 43.4 Å². The Hall–Kier alpha value is -3.61. The lowest BCUT2D eigenvalue weighted by Gasteiger charge is -2.27. The van der Waals surface area contributed by atoms with Crippen LogP contribution in [0.3, 0.4) is 0 Å². The zero-order valence-corrected chi connectivity index (χ0v) is 17.5. The first-order chi connectivity index (χ1) is 15.2. The van der Waals surface area contributed by atoms with Crippen LogP contribution in [0, 0.1) is 0 Å². The summed E-state index contributed by atoms with van der Waals surface area (Å²) in [6.07, 6.45) is 12.7. The topological polar surface area (TPSA) is 76.8 Å². The number of carbonyl (C=O) groups is 1. The highest BCUT2D eigenvalue weighted by atomic mass is 16.1. The molecule has 0 amide bonds. The van der Waals surface area contributed by atoms with Gasteiger partial charge in [-0.1, -0.05) is 0 Å². The smallest absolute Gasteiger partial charge is 0.169 e. The summed E-state index contributed by atoms with van der Waals surface area (Å²) in [7, 11) is 1.94. The lowest BCUT2D eigenvalue weighted by molar-refractivity contribution is 0.0992. The van der Waals surface area contributed by atoms with Gasteiger partial charge in [-0.15, -0.1) is 0 Å². The Labute approximate surface area is 180 Å². The number of aromatic nitrogens is 5. The second-order valence-electron chi connectivity index (χ2n) is 8.03. The molecule has 1 aliphatic heterocycles. The number of anilines is 1. The summed E-state index contributed by atoms with van der Waals surface area (Å²) in [6.45, 7) is 2.01. The largest absolute Gasteiger partial charge is 0.357 e. The van der Waals surface area contributed by atoms with Crippen LogP contribution < -0.4 is 4.90 Å². The summed E-state index contributed by atoms with van der Waals surface area (Å²) < 4.78 is 1.93. The summed E-state index contributed by atoms with van der Waals surface area (Å²) in [5, 5.41) is 1.95. The number of hydrogen-bond acceptors (Lipinski definition) is 6. The van der Waals surface area contributed by atoms with Crippen molar-refractivity contribution in [2.75, 3.05) is 18.0 Å². The minimum atomic E-state index is 0.0495. The first kappa shape index (κ1) is 19.4. The van der Waals surface area contributed by atoms with Crippen LogP contribution in [0.5, 0.6) is 0 Å². The first-order valence-electron chi connectivity index (χ1n) is 10.6. The fraction of sp³-hybridized carbons (Fsp3) is 0.292. The highest BCUT2D eigenvalue weighted by Crippen LogP contribution is 2.23. The molecule has 0 radical (unpaired) electrons. The SMILES string of the molecule is Cn1cncc1-c1cc2cc(CC(=O)c3ccnc(N4CCCCC4)c3)ncc2cn1. The van der Waals surface area contributed by atoms with Crippen LogP contribution in [-0.2, 0) is 13.5 Å². The van der Waals surface area contributed by atoms with E-state index in [0.29, 0.717) is 5.56 Å². The highest BCUT2D eigenvalue weighted by Gasteiger charge is 2.15. The van der Waals surface area contributed by atoms with E-state index in [0.717, 1.165) is 46.8 Å². The van der Waals surface area contributed by atoms with Gasteiger partial charge in [-0.05, 0) is 48.9 Å². The number of fused-ring (bicyclic) bond motifs is 1. The number of hydrogen-bond donors (Lipinski definition) is 0. The van der Waals surface area contributed by atoms with Crippen molar-refractivity contribution in [2.45, 2.75) is 25.7 Å². The van der Waals surface area contributed by atoms with E-state index < -0.39 is 0 Å². The van der Waals surface area contributed by atoms with Crippen LogP contribution in [0.15, 0.2) is 55.4 Å². The van der Waals surface area contributed by atoms with Gasteiger partial charge < -0.3 is 9.47 Å². The maximum atomic E-state index is 13.0. The van der Waals surface area contributed by atoms with Crippen molar-refractivity contribution < 1.29 is 4.79 Å². The first-order valence-corrected chi connectivity index (χ1v) is 10.6. The molecule has 0 atom stereocenters. The molecule has 5 rings (SSSR count). The number of imidazole rings is 1. The summed E-state index contributed by atoms with van der Waals surface area (Å²) in [4.78, 5) is 32.9. The number of piperidine rings is 1. The maximum absolute atomic E-state index is 13.0. The molecule has 4 aromatic heterocycles. The van der Waals surface area contributed by atoms with Gasteiger partial charge in [-0.2, -0.15) is 0 Å². The Balaban J connectivity index is 1.38. The molecule has 0 aromatic carbocycles. The molecule has 31 heavy (non-hydrogen) atoms. The number of Topliss-reactive ketones (excluding diaryl/α,β-unsaturated/α-hetero) is 1.